The molecule has 1 saturated carbocycles. The van der Waals surface area contributed by atoms with Gasteiger partial charge in [-0.3, -0.25) is 4.90 Å². The summed E-state index contributed by atoms with van der Waals surface area (Å²) >= 11 is 12.1. The highest BCUT2D eigenvalue weighted by Gasteiger charge is 2.30. The molecule has 0 unspecified atom stereocenters. The Labute approximate surface area is 144 Å². The third-order valence-electron chi connectivity index (χ3n) is 5.14. The predicted octanol–water partition coefficient (Wildman–Crippen LogP) is 4.53. The molecule has 0 spiro atoms. The molecule has 1 N–H and O–H groups in total. The van der Waals surface area contributed by atoms with Gasteiger partial charge in [0.25, 0.3) is 0 Å². The Morgan fingerprint density at radius 1 is 1.00 bits per heavy atom. The van der Waals surface area contributed by atoms with E-state index in [1.807, 2.05) is 12.1 Å². The molecule has 3 rings (SSSR count). The molecule has 0 bridgehead atoms. The van der Waals surface area contributed by atoms with Crippen LogP contribution in [0.5, 0.6) is 0 Å². The fraction of sp³-hybridized carbons (Fsp3) is 0.667. The van der Waals surface area contributed by atoms with Crippen molar-refractivity contribution in [3.05, 3.63) is 33.8 Å². The van der Waals surface area contributed by atoms with E-state index in [-0.39, 0.29) is 0 Å². The highest BCUT2D eigenvalue weighted by molar-refractivity contribution is 6.42. The lowest BCUT2D eigenvalue weighted by Gasteiger charge is -2.38. The topological polar surface area (TPSA) is 15.3 Å². The van der Waals surface area contributed by atoms with Crippen molar-refractivity contribution in [3.63, 3.8) is 0 Å². The third-order valence-corrected chi connectivity index (χ3v) is 5.88. The number of hydrogen-bond donors (Lipinski definition) is 1. The highest BCUT2D eigenvalue weighted by Crippen LogP contribution is 2.26. The number of nitrogens with one attached hydrogen (secondary N) is 1. The van der Waals surface area contributed by atoms with E-state index >= 15 is 0 Å². The Morgan fingerprint density at radius 2 is 1.77 bits per heavy atom. The van der Waals surface area contributed by atoms with Crippen LogP contribution >= 0.6 is 23.2 Å². The van der Waals surface area contributed by atoms with Gasteiger partial charge in [0.1, 0.15) is 0 Å². The normalized spacial score (nSPS) is 26.5. The zero-order valence-corrected chi connectivity index (χ0v) is 14.7. The van der Waals surface area contributed by atoms with Crippen LogP contribution in [0.3, 0.4) is 0 Å². The molecule has 1 saturated heterocycles. The predicted molar refractivity (Wildman–Crippen MR) is 95.0 cm³/mol. The molecule has 2 fully saturated rings. The summed E-state index contributed by atoms with van der Waals surface area (Å²) < 4.78 is 0. The second kappa shape index (κ2) is 8.01. The molecule has 0 radical (unpaired) electrons. The maximum Gasteiger partial charge on any atom is 0.0595 e. The average Bonchev–Trinajstić information content (AvgIpc) is 3.05. The molecule has 2 aliphatic rings. The molecule has 1 aliphatic carbocycles. The number of nitrogens with zero attached hydrogens (tertiary/aromatic N) is 1. The Kier molecular flexibility index (Phi) is 6.03. The molecule has 0 aromatic heterocycles. The van der Waals surface area contributed by atoms with Crippen LogP contribution in [0.15, 0.2) is 18.2 Å². The smallest absolute Gasteiger partial charge is 0.0595 e. The largest absolute Gasteiger partial charge is 0.312 e. The monoisotopic (exact) mass is 340 g/mol. The lowest BCUT2D eigenvalue weighted by molar-refractivity contribution is 0.149. The minimum atomic E-state index is 0.639. The molecule has 22 heavy (non-hydrogen) atoms. The molecular formula is C18H26Cl2N2. The number of hydrogen-bond acceptors (Lipinski definition) is 2. The summed E-state index contributed by atoms with van der Waals surface area (Å²) in [5.74, 6) is 0. The summed E-state index contributed by atoms with van der Waals surface area (Å²) in [6.45, 7) is 3.62. The molecule has 1 heterocycles. The standard InChI is InChI=1S/C18H26Cl2N2/c19-15-8-7-14(13-16(15)20)9-10-21-17-5-1-2-6-18(17)22-11-3-4-12-22/h7-8,13,17-18,21H,1-6,9-12H2/t17-,18+/m0/s1. The van der Waals surface area contributed by atoms with Crippen molar-refractivity contribution in [2.75, 3.05) is 19.6 Å². The fourth-order valence-corrected chi connectivity index (χ4v) is 4.28. The molecule has 1 aliphatic heterocycles. The number of rotatable bonds is 5. The molecule has 2 atom stereocenters. The first kappa shape index (κ1) is 16.6. The molecular weight excluding hydrogens is 315 g/mol. The van der Waals surface area contributed by atoms with Gasteiger partial charge in [-0.25, -0.2) is 0 Å². The van der Waals surface area contributed by atoms with Gasteiger partial charge in [0.05, 0.1) is 10.0 Å². The quantitative estimate of drug-likeness (QED) is 0.846. The van der Waals surface area contributed by atoms with Crippen molar-refractivity contribution in [3.8, 4) is 0 Å². The summed E-state index contributed by atoms with van der Waals surface area (Å²) in [7, 11) is 0. The SMILES string of the molecule is Clc1ccc(CCN[C@H]2CCCC[C@H]2N2CCCC2)cc1Cl. The lowest BCUT2D eigenvalue weighted by Crippen LogP contribution is -2.51. The van der Waals surface area contributed by atoms with Gasteiger partial charge in [0.15, 0.2) is 0 Å². The van der Waals surface area contributed by atoms with Crippen LogP contribution in [0, 0.1) is 0 Å². The first-order chi connectivity index (χ1) is 10.7. The Hall–Kier alpha value is -0.280. The van der Waals surface area contributed by atoms with Gasteiger partial charge in [-0.05, 0) is 69.4 Å². The number of likely N-dealkylation sites (tertiary alicyclic amines) is 1. The maximum atomic E-state index is 6.09. The minimum absolute atomic E-state index is 0.639. The second-order valence-electron chi connectivity index (χ2n) is 6.65. The first-order valence-electron chi connectivity index (χ1n) is 8.65. The van der Waals surface area contributed by atoms with Crippen molar-refractivity contribution in [2.45, 2.75) is 57.0 Å². The average molecular weight is 341 g/mol. The summed E-state index contributed by atoms with van der Waals surface area (Å²) in [5, 5.41) is 5.11. The van der Waals surface area contributed by atoms with E-state index in [9.17, 15) is 0 Å². The van der Waals surface area contributed by atoms with Crippen LogP contribution < -0.4 is 5.32 Å². The van der Waals surface area contributed by atoms with Gasteiger partial charge in [0, 0.05) is 12.1 Å². The van der Waals surface area contributed by atoms with E-state index in [0.717, 1.165) is 19.0 Å². The minimum Gasteiger partial charge on any atom is -0.312 e. The fourth-order valence-electron chi connectivity index (χ4n) is 3.96. The van der Waals surface area contributed by atoms with Crippen LogP contribution in [-0.2, 0) is 6.42 Å². The van der Waals surface area contributed by atoms with Gasteiger partial charge in [-0.15, -0.1) is 0 Å². The van der Waals surface area contributed by atoms with Crippen molar-refractivity contribution in [1.82, 2.24) is 10.2 Å². The molecule has 4 heteroatoms. The first-order valence-corrected chi connectivity index (χ1v) is 9.41. The van der Waals surface area contributed by atoms with Crippen molar-refractivity contribution >= 4 is 23.2 Å². The van der Waals surface area contributed by atoms with Gasteiger partial charge in [0.2, 0.25) is 0 Å². The van der Waals surface area contributed by atoms with Crippen molar-refractivity contribution in [1.29, 1.82) is 0 Å². The van der Waals surface area contributed by atoms with Crippen LogP contribution in [0.2, 0.25) is 10.0 Å². The molecule has 2 nitrogen and oxygen atoms in total. The van der Waals surface area contributed by atoms with Crippen LogP contribution in [0.1, 0.15) is 44.1 Å². The van der Waals surface area contributed by atoms with Crippen molar-refractivity contribution in [2.24, 2.45) is 0 Å². The van der Waals surface area contributed by atoms with E-state index in [4.69, 9.17) is 23.2 Å². The number of benzene rings is 1. The molecule has 122 valence electrons. The van der Waals surface area contributed by atoms with E-state index < -0.39 is 0 Å². The van der Waals surface area contributed by atoms with E-state index in [2.05, 4.69) is 16.3 Å². The van der Waals surface area contributed by atoms with Crippen LogP contribution in [-0.4, -0.2) is 36.6 Å². The molecule has 1 aromatic carbocycles. The van der Waals surface area contributed by atoms with Gasteiger partial charge >= 0.3 is 0 Å². The lowest BCUT2D eigenvalue weighted by atomic mass is 9.89. The molecule has 1 aromatic rings. The van der Waals surface area contributed by atoms with Gasteiger partial charge in [-0.1, -0.05) is 42.1 Å². The Balaban J connectivity index is 1.51. The van der Waals surface area contributed by atoms with E-state index in [1.165, 1.54) is 57.2 Å². The summed E-state index contributed by atoms with van der Waals surface area (Å²) in [6, 6.07) is 7.38. The van der Waals surface area contributed by atoms with Gasteiger partial charge in [-0.2, -0.15) is 0 Å². The summed E-state index contributed by atoms with van der Waals surface area (Å²) in [5.41, 5.74) is 1.26. The molecule has 0 amide bonds. The zero-order valence-electron chi connectivity index (χ0n) is 13.2. The van der Waals surface area contributed by atoms with Crippen molar-refractivity contribution < 1.29 is 0 Å². The maximum absolute atomic E-state index is 6.09. The third kappa shape index (κ3) is 4.17. The summed E-state index contributed by atoms with van der Waals surface area (Å²) in [6.07, 6.45) is 9.23. The highest BCUT2D eigenvalue weighted by atomic mass is 35.5. The van der Waals surface area contributed by atoms with E-state index in [1.54, 1.807) is 0 Å². The summed E-state index contributed by atoms with van der Waals surface area (Å²) in [4.78, 5) is 2.72. The van der Waals surface area contributed by atoms with Crippen LogP contribution in [0.4, 0.5) is 0 Å². The Bertz CT molecular complexity index is 486. The zero-order chi connectivity index (χ0) is 15.4. The Morgan fingerprint density at radius 3 is 2.55 bits per heavy atom. The second-order valence-corrected chi connectivity index (χ2v) is 7.47. The van der Waals surface area contributed by atoms with Gasteiger partial charge < -0.3 is 5.32 Å². The number of halogens is 2. The van der Waals surface area contributed by atoms with E-state index in [0.29, 0.717) is 16.1 Å². The van der Waals surface area contributed by atoms with Crippen LogP contribution in [0.25, 0.3) is 0 Å².